The highest BCUT2D eigenvalue weighted by molar-refractivity contribution is 6.04. The molecule has 14 nitrogen and oxygen atoms in total. The number of hydrogen-bond acceptors (Lipinski definition) is 9. The molecule has 1 aromatic heterocycles. The number of likely N-dealkylation sites (tertiary alicyclic amines) is 1. The monoisotopic (exact) mass is 622 g/mol. The predicted molar refractivity (Wildman–Crippen MR) is 160 cm³/mol. The van der Waals surface area contributed by atoms with E-state index in [4.69, 9.17) is 14.2 Å². The number of aromatic nitrogens is 1. The van der Waals surface area contributed by atoms with Crippen molar-refractivity contribution in [3.63, 3.8) is 0 Å². The molecule has 14 heteroatoms. The molecule has 1 aromatic carbocycles. The van der Waals surface area contributed by atoms with Gasteiger partial charge in [-0.25, -0.2) is 9.78 Å². The Hall–Kier alpha value is -4.88. The van der Waals surface area contributed by atoms with Crippen LogP contribution in [0.1, 0.15) is 35.2 Å². The van der Waals surface area contributed by atoms with Crippen LogP contribution in [-0.4, -0.2) is 127 Å². The van der Waals surface area contributed by atoms with Crippen LogP contribution in [0.3, 0.4) is 0 Å². The number of pyridine rings is 1. The van der Waals surface area contributed by atoms with E-state index in [9.17, 15) is 24.0 Å². The number of urea groups is 1. The number of likely N-dealkylation sites (N-methyl/N-ethyl adjacent to an activating group) is 1. The molecule has 0 radical (unpaired) electrons. The zero-order chi connectivity index (χ0) is 32.1. The van der Waals surface area contributed by atoms with Crippen molar-refractivity contribution in [3.05, 3.63) is 47.7 Å². The van der Waals surface area contributed by atoms with Gasteiger partial charge in [0, 0.05) is 45.3 Å². The Morgan fingerprint density at radius 2 is 1.89 bits per heavy atom. The van der Waals surface area contributed by atoms with Gasteiger partial charge in [0.15, 0.2) is 11.5 Å². The first kappa shape index (κ1) is 31.5. The van der Waals surface area contributed by atoms with Crippen molar-refractivity contribution in [3.8, 4) is 17.4 Å². The lowest BCUT2D eigenvalue weighted by Gasteiger charge is -2.25. The summed E-state index contributed by atoms with van der Waals surface area (Å²) in [5.74, 6) is -1.12. The lowest BCUT2D eigenvalue weighted by molar-refractivity contribution is -0.136. The molecule has 0 aliphatic carbocycles. The zero-order valence-electron chi connectivity index (χ0n) is 25.7. The highest BCUT2D eigenvalue weighted by Crippen LogP contribution is 2.38. The fourth-order valence-corrected chi connectivity index (χ4v) is 5.88. The van der Waals surface area contributed by atoms with Gasteiger partial charge in [-0.15, -0.1) is 0 Å². The third kappa shape index (κ3) is 6.79. The Bertz CT molecular complexity index is 1470. The van der Waals surface area contributed by atoms with Crippen LogP contribution < -0.4 is 19.5 Å². The summed E-state index contributed by atoms with van der Waals surface area (Å²) < 4.78 is 17.3. The van der Waals surface area contributed by atoms with E-state index in [0.717, 1.165) is 10.5 Å². The summed E-state index contributed by atoms with van der Waals surface area (Å²) in [5.41, 5.74) is 1.11. The van der Waals surface area contributed by atoms with Gasteiger partial charge in [-0.3, -0.25) is 24.1 Å². The minimum atomic E-state index is -0.590. The maximum Gasteiger partial charge on any atom is 0.327 e. The van der Waals surface area contributed by atoms with Crippen molar-refractivity contribution in [1.82, 2.24) is 29.9 Å². The Balaban J connectivity index is 1.37. The SMILES string of the molecule is CCOc1ncccc1C(=O)N1CCCNC(=O)[C@H]2CN(C(=O)CN3C(=O)CN(C)C3=O)C[C@@H]2c2ccc(OC)c(c2)OCC1. The number of amides is 6. The third-order valence-corrected chi connectivity index (χ3v) is 8.24. The number of carbonyl (C=O) groups is 5. The van der Waals surface area contributed by atoms with Crippen molar-refractivity contribution in [1.29, 1.82) is 0 Å². The van der Waals surface area contributed by atoms with Gasteiger partial charge in [-0.1, -0.05) is 6.07 Å². The summed E-state index contributed by atoms with van der Waals surface area (Å²) in [6.07, 6.45) is 2.04. The van der Waals surface area contributed by atoms with Gasteiger partial charge in [0.05, 0.1) is 26.2 Å². The molecule has 45 heavy (non-hydrogen) atoms. The Kier molecular flexibility index (Phi) is 9.69. The highest BCUT2D eigenvalue weighted by atomic mass is 16.5. The highest BCUT2D eigenvalue weighted by Gasteiger charge is 2.43. The average Bonchev–Trinajstić information content (AvgIpc) is 3.59. The molecule has 2 saturated heterocycles. The van der Waals surface area contributed by atoms with Crippen LogP contribution in [0.25, 0.3) is 0 Å². The topological polar surface area (TPSA) is 151 Å². The number of benzene rings is 1. The van der Waals surface area contributed by atoms with Crippen LogP contribution in [0, 0.1) is 5.92 Å². The summed E-state index contributed by atoms with van der Waals surface area (Å²) in [4.78, 5) is 74.7. The van der Waals surface area contributed by atoms with Crippen LogP contribution in [0.15, 0.2) is 36.5 Å². The van der Waals surface area contributed by atoms with E-state index in [2.05, 4.69) is 10.3 Å². The van der Waals surface area contributed by atoms with Gasteiger partial charge in [0.1, 0.15) is 25.3 Å². The smallest absolute Gasteiger partial charge is 0.327 e. The van der Waals surface area contributed by atoms with Gasteiger partial charge >= 0.3 is 6.03 Å². The first-order valence-corrected chi connectivity index (χ1v) is 15.0. The summed E-state index contributed by atoms with van der Waals surface area (Å²) in [6, 6.07) is 8.21. The van der Waals surface area contributed by atoms with Crippen LogP contribution in [-0.2, 0) is 14.4 Å². The molecule has 1 N–H and O–H groups in total. The number of nitrogens with one attached hydrogen (secondary N) is 1. The molecule has 2 aromatic rings. The normalized spacial score (nSPS) is 20.7. The Morgan fingerprint density at radius 1 is 1.09 bits per heavy atom. The van der Waals surface area contributed by atoms with Gasteiger partial charge in [0.25, 0.3) is 11.8 Å². The van der Waals surface area contributed by atoms with E-state index in [0.29, 0.717) is 43.2 Å². The van der Waals surface area contributed by atoms with Crippen LogP contribution in [0.2, 0.25) is 0 Å². The molecular formula is C31H38N6O8. The van der Waals surface area contributed by atoms with Crippen molar-refractivity contribution < 1.29 is 38.2 Å². The van der Waals surface area contributed by atoms with E-state index < -0.39 is 23.8 Å². The molecule has 240 valence electrons. The molecule has 3 aliphatic heterocycles. The third-order valence-electron chi connectivity index (χ3n) is 8.24. The van der Waals surface area contributed by atoms with Gasteiger partial charge in [-0.05, 0) is 43.2 Å². The summed E-state index contributed by atoms with van der Waals surface area (Å²) in [7, 11) is 3.03. The maximum absolute atomic E-state index is 13.6. The van der Waals surface area contributed by atoms with Crippen molar-refractivity contribution >= 4 is 29.7 Å². The van der Waals surface area contributed by atoms with Crippen LogP contribution in [0.4, 0.5) is 4.79 Å². The first-order chi connectivity index (χ1) is 21.7. The lowest BCUT2D eigenvalue weighted by atomic mass is 9.88. The molecule has 3 aliphatic rings. The van der Waals surface area contributed by atoms with Crippen molar-refractivity contribution in [2.24, 2.45) is 5.92 Å². The summed E-state index contributed by atoms with van der Waals surface area (Å²) in [6.45, 7) is 3.15. The second kappa shape index (κ2) is 13.8. The number of carbonyl (C=O) groups excluding carboxylic acids is 5. The largest absolute Gasteiger partial charge is 0.493 e. The number of rotatable bonds is 6. The molecule has 0 spiro atoms. The quantitative estimate of drug-likeness (QED) is 0.465. The van der Waals surface area contributed by atoms with Gasteiger partial charge in [-0.2, -0.15) is 0 Å². The molecule has 0 saturated carbocycles. The van der Waals surface area contributed by atoms with E-state index in [1.165, 1.54) is 24.0 Å². The minimum Gasteiger partial charge on any atom is -0.493 e. The van der Waals surface area contributed by atoms with Crippen LogP contribution in [0.5, 0.6) is 17.4 Å². The van der Waals surface area contributed by atoms with E-state index in [1.54, 1.807) is 35.4 Å². The van der Waals surface area contributed by atoms with E-state index in [-0.39, 0.29) is 62.9 Å². The molecule has 6 amide bonds. The molecule has 5 rings (SSSR count). The van der Waals surface area contributed by atoms with Crippen molar-refractivity contribution in [2.45, 2.75) is 19.3 Å². The zero-order valence-corrected chi connectivity index (χ0v) is 25.7. The standard InChI is InChI=1S/C31H38N6O8/c1-4-44-29-21(7-5-10-33-29)30(41)35-12-6-11-32-28(40)23-17-36(26(38)19-37-27(39)18-34(2)31(37)42)16-22(23)20-8-9-24(43-3)25(15-20)45-14-13-35/h5,7-10,15,22-23H,4,6,11-14,16-19H2,1-3H3,(H,32,40)/t22-,23+/m1/s1. The molecular weight excluding hydrogens is 584 g/mol. The Labute approximate surface area is 261 Å². The first-order valence-electron chi connectivity index (χ1n) is 15.0. The fourth-order valence-electron chi connectivity index (χ4n) is 5.88. The number of fused-ring (bicyclic) bond motifs is 4. The average molecular weight is 623 g/mol. The summed E-state index contributed by atoms with van der Waals surface area (Å²) in [5, 5.41) is 2.99. The number of ether oxygens (including phenoxy) is 3. The van der Waals surface area contributed by atoms with Crippen molar-refractivity contribution in [2.75, 3.05) is 73.2 Å². The predicted octanol–water partition coefficient (Wildman–Crippen LogP) is 0.966. The second-order valence-corrected chi connectivity index (χ2v) is 11.1. The Morgan fingerprint density at radius 3 is 2.62 bits per heavy atom. The van der Waals surface area contributed by atoms with Crippen LogP contribution >= 0.6 is 0 Å². The van der Waals surface area contributed by atoms with Gasteiger partial charge < -0.3 is 34.2 Å². The maximum atomic E-state index is 13.6. The summed E-state index contributed by atoms with van der Waals surface area (Å²) >= 11 is 0. The number of methoxy groups -OCH3 is 1. The minimum absolute atomic E-state index is 0.0761. The number of hydrogen-bond donors (Lipinski definition) is 1. The molecule has 2 bridgehead atoms. The lowest BCUT2D eigenvalue weighted by Crippen LogP contribution is -2.43. The second-order valence-electron chi connectivity index (χ2n) is 11.1. The van der Waals surface area contributed by atoms with E-state index in [1.807, 2.05) is 13.0 Å². The molecule has 0 unspecified atom stereocenters. The molecule has 2 atom stereocenters. The fraction of sp³-hybridized carbons (Fsp3) is 0.484. The number of nitrogens with zero attached hydrogens (tertiary/aromatic N) is 5. The molecule has 2 fully saturated rings. The van der Waals surface area contributed by atoms with Gasteiger partial charge in [0.2, 0.25) is 17.7 Å². The number of imide groups is 1. The molecule has 4 heterocycles. The van der Waals surface area contributed by atoms with E-state index >= 15 is 0 Å².